The summed E-state index contributed by atoms with van der Waals surface area (Å²) in [5.41, 5.74) is 4.01. The highest BCUT2D eigenvalue weighted by Gasteiger charge is 2.22. The molecule has 0 radical (unpaired) electrons. The number of nitrogens with zero attached hydrogens (tertiary/aromatic N) is 3. The van der Waals surface area contributed by atoms with E-state index in [9.17, 15) is 13.5 Å². The van der Waals surface area contributed by atoms with Gasteiger partial charge in [0, 0.05) is 49.9 Å². The average Bonchev–Trinajstić information content (AvgIpc) is 2.82. The Labute approximate surface area is 207 Å². The molecule has 2 atom stereocenters. The monoisotopic (exact) mass is 495 g/mol. The van der Waals surface area contributed by atoms with Gasteiger partial charge in [0.1, 0.15) is 16.5 Å². The first-order chi connectivity index (χ1) is 16.7. The lowest BCUT2D eigenvalue weighted by atomic mass is 10.0. The summed E-state index contributed by atoms with van der Waals surface area (Å²) >= 11 is 0. The van der Waals surface area contributed by atoms with E-state index in [4.69, 9.17) is 10.1 Å². The van der Waals surface area contributed by atoms with E-state index in [2.05, 4.69) is 53.3 Å². The van der Waals surface area contributed by atoms with Crippen molar-refractivity contribution in [3.05, 3.63) is 71.7 Å². The second-order valence-corrected chi connectivity index (χ2v) is 10.9. The minimum absolute atomic E-state index is 0.252. The smallest absolute Gasteiger partial charge is 0.241 e. The molecule has 0 amide bonds. The van der Waals surface area contributed by atoms with Crippen LogP contribution in [0.15, 0.2) is 59.6 Å². The minimum Gasteiger partial charge on any atom is -0.507 e. The number of aromatic nitrogens is 2. The van der Waals surface area contributed by atoms with Gasteiger partial charge in [0.2, 0.25) is 10.0 Å². The lowest BCUT2D eigenvalue weighted by molar-refractivity contribution is 0.139. The molecule has 0 saturated carbocycles. The van der Waals surface area contributed by atoms with Crippen LogP contribution in [0, 0.1) is 0 Å². The van der Waals surface area contributed by atoms with Crippen LogP contribution in [0.5, 0.6) is 5.75 Å². The molecule has 2 aromatic carbocycles. The maximum absolute atomic E-state index is 11.6. The lowest BCUT2D eigenvalue weighted by Crippen LogP contribution is -2.53. The summed E-state index contributed by atoms with van der Waals surface area (Å²) in [5.74, 6) is 0.401. The Morgan fingerprint density at radius 3 is 2.74 bits per heavy atom. The van der Waals surface area contributed by atoms with Gasteiger partial charge >= 0.3 is 0 Å². The minimum atomic E-state index is -3.97. The second kappa shape index (κ2) is 10.8. The molecule has 1 aromatic heterocycles. The number of primary sulfonamides is 1. The van der Waals surface area contributed by atoms with Gasteiger partial charge in [-0.2, -0.15) is 0 Å². The van der Waals surface area contributed by atoms with Crippen molar-refractivity contribution in [2.75, 3.05) is 13.1 Å². The fourth-order valence-corrected chi connectivity index (χ4v) is 5.13. The predicted octanol–water partition coefficient (Wildman–Crippen LogP) is 2.85. The van der Waals surface area contributed by atoms with Crippen molar-refractivity contribution < 1.29 is 13.5 Å². The number of hydrogen-bond donors (Lipinski definition) is 3. The van der Waals surface area contributed by atoms with E-state index in [1.54, 1.807) is 12.3 Å². The van der Waals surface area contributed by atoms with Crippen molar-refractivity contribution in [1.82, 2.24) is 20.2 Å². The number of hydrogen-bond acceptors (Lipinski definition) is 7. The van der Waals surface area contributed by atoms with Crippen molar-refractivity contribution in [3.63, 3.8) is 0 Å². The number of rotatable bonds is 8. The Morgan fingerprint density at radius 2 is 1.94 bits per heavy atom. The highest BCUT2D eigenvalue weighted by atomic mass is 32.2. The Morgan fingerprint density at radius 1 is 1.11 bits per heavy atom. The van der Waals surface area contributed by atoms with Crippen LogP contribution in [0.25, 0.3) is 11.3 Å². The van der Waals surface area contributed by atoms with Gasteiger partial charge in [-0.15, -0.1) is 0 Å². The predicted molar refractivity (Wildman–Crippen MR) is 136 cm³/mol. The summed E-state index contributed by atoms with van der Waals surface area (Å²) in [7, 11) is -3.97. The number of nitrogens with one attached hydrogen (secondary N) is 1. The molecule has 0 bridgehead atoms. The number of benzene rings is 2. The van der Waals surface area contributed by atoms with Crippen molar-refractivity contribution in [3.8, 4) is 17.0 Å². The third-order valence-corrected chi connectivity index (χ3v) is 7.34. The molecule has 4 N–H and O–H groups in total. The molecule has 3 aromatic rings. The van der Waals surface area contributed by atoms with Crippen LogP contribution in [-0.2, 0) is 29.4 Å². The molecule has 4 rings (SSSR count). The van der Waals surface area contributed by atoms with E-state index < -0.39 is 10.0 Å². The van der Waals surface area contributed by atoms with Crippen LogP contribution in [0.4, 0.5) is 0 Å². The number of nitrogens with two attached hydrogens (primary N) is 1. The SMILES string of the molecule is C[C@H]1CN(Cc2cccc(-c3ccnc(CCCc4ccc(O)c(S(N)(=O)=O)c4)n3)c2)[C@@H](C)CN1. The highest BCUT2D eigenvalue weighted by Crippen LogP contribution is 2.24. The first-order valence-electron chi connectivity index (χ1n) is 11.9. The van der Waals surface area contributed by atoms with E-state index in [0.29, 0.717) is 24.9 Å². The van der Waals surface area contributed by atoms with Crippen LogP contribution in [0.1, 0.15) is 37.2 Å². The third kappa shape index (κ3) is 6.64. The maximum Gasteiger partial charge on any atom is 0.241 e. The third-order valence-electron chi connectivity index (χ3n) is 6.40. The summed E-state index contributed by atoms with van der Waals surface area (Å²) < 4.78 is 23.3. The molecule has 1 fully saturated rings. The molecule has 9 heteroatoms. The van der Waals surface area contributed by atoms with Crippen molar-refractivity contribution in [2.24, 2.45) is 5.14 Å². The number of phenols is 1. The zero-order valence-corrected chi connectivity index (χ0v) is 21.0. The topological polar surface area (TPSA) is 121 Å². The fourth-order valence-electron chi connectivity index (χ4n) is 4.45. The van der Waals surface area contributed by atoms with Crippen LogP contribution < -0.4 is 10.5 Å². The zero-order valence-electron chi connectivity index (χ0n) is 20.2. The quantitative estimate of drug-likeness (QED) is 0.439. The van der Waals surface area contributed by atoms with Crippen LogP contribution in [-0.4, -0.2) is 53.6 Å². The van der Waals surface area contributed by atoms with E-state index in [-0.39, 0.29) is 10.6 Å². The summed E-state index contributed by atoms with van der Waals surface area (Å²) in [6.07, 6.45) is 3.78. The molecule has 0 unspecified atom stereocenters. The lowest BCUT2D eigenvalue weighted by Gasteiger charge is -2.37. The molecule has 1 saturated heterocycles. The first kappa shape index (κ1) is 25.2. The van der Waals surface area contributed by atoms with Crippen LogP contribution in [0.3, 0.4) is 0 Å². The standard InChI is InChI=1S/C26H33N5O3S/c1-18-16-31(19(2)15-29-18)17-21-6-3-7-22(13-21)23-11-12-28-26(30-23)8-4-5-20-9-10-24(32)25(14-20)35(27,33)34/h3,6-7,9-14,18-19,29,32H,4-5,8,15-17H2,1-2H3,(H2,27,33,34)/t18-,19-/m0/s1. The number of piperazine rings is 1. The van der Waals surface area contributed by atoms with Crippen molar-refractivity contribution >= 4 is 10.0 Å². The normalized spacial score (nSPS) is 19.1. The largest absolute Gasteiger partial charge is 0.507 e. The summed E-state index contributed by atoms with van der Waals surface area (Å²) in [6.45, 7) is 7.42. The zero-order chi connectivity index (χ0) is 25.0. The van der Waals surface area contributed by atoms with E-state index >= 15 is 0 Å². The van der Waals surface area contributed by atoms with Crippen molar-refractivity contribution in [1.29, 1.82) is 0 Å². The van der Waals surface area contributed by atoms with Gasteiger partial charge < -0.3 is 10.4 Å². The van der Waals surface area contributed by atoms with Gasteiger partial charge in [0.15, 0.2) is 0 Å². The van der Waals surface area contributed by atoms with E-state index in [1.807, 2.05) is 6.07 Å². The molecule has 1 aliphatic rings. The van der Waals surface area contributed by atoms with Gasteiger partial charge in [-0.05, 0) is 62.1 Å². The first-order valence-corrected chi connectivity index (χ1v) is 13.5. The number of phenolic OH excluding ortho intramolecular Hbond substituents is 1. The molecule has 2 heterocycles. The van der Waals surface area contributed by atoms with E-state index in [0.717, 1.165) is 48.7 Å². The molecule has 8 nitrogen and oxygen atoms in total. The summed E-state index contributed by atoms with van der Waals surface area (Å²) in [5, 5.41) is 18.5. The molecular weight excluding hydrogens is 462 g/mol. The Kier molecular flexibility index (Phi) is 7.81. The number of sulfonamides is 1. The highest BCUT2D eigenvalue weighted by molar-refractivity contribution is 7.89. The van der Waals surface area contributed by atoms with Crippen molar-refractivity contribution in [2.45, 2.75) is 56.6 Å². The Bertz CT molecular complexity index is 1280. The maximum atomic E-state index is 11.6. The molecule has 35 heavy (non-hydrogen) atoms. The molecule has 186 valence electrons. The van der Waals surface area contributed by atoms with Gasteiger partial charge in [-0.25, -0.2) is 23.5 Å². The molecule has 0 aliphatic carbocycles. The fraction of sp³-hybridized carbons (Fsp3) is 0.385. The average molecular weight is 496 g/mol. The summed E-state index contributed by atoms with van der Waals surface area (Å²) in [6, 6.07) is 15.9. The summed E-state index contributed by atoms with van der Waals surface area (Å²) in [4.78, 5) is 11.4. The van der Waals surface area contributed by atoms with Crippen LogP contribution >= 0.6 is 0 Å². The van der Waals surface area contributed by atoms with Gasteiger partial charge in [0.05, 0.1) is 5.69 Å². The van der Waals surface area contributed by atoms with Gasteiger partial charge in [-0.1, -0.05) is 24.3 Å². The second-order valence-electron chi connectivity index (χ2n) is 9.35. The number of aryl methyl sites for hydroxylation is 2. The Balaban J connectivity index is 1.41. The Hall–Kier alpha value is -2.85. The van der Waals surface area contributed by atoms with Gasteiger partial charge in [-0.3, -0.25) is 4.90 Å². The van der Waals surface area contributed by atoms with Crippen LogP contribution in [0.2, 0.25) is 0 Å². The molecular formula is C26H33N5O3S. The van der Waals surface area contributed by atoms with E-state index in [1.165, 1.54) is 17.7 Å². The molecule has 1 aliphatic heterocycles. The number of aromatic hydroxyl groups is 1. The van der Waals surface area contributed by atoms with Gasteiger partial charge in [0.25, 0.3) is 0 Å². The molecule has 0 spiro atoms.